The quantitative estimate of drug-likeness (QED) is 0.398. The number of thioether (sulfide) groups is 1. The lowest BCUT2D eigenvalue weighted by Crippen LogP contribution is -2.21. The number of hydrogen-bond acceptors (Lipinski definition) is 5. The average Bonchev–Trinajstić information content (AvgIpc) is 2.52. The summed E-state index contributed by atoms with van der Waals surface area (Å²) in [5.41, 5.74) is 5.48. The lowest BCUT2D eigenvalue weighted by molar-refractivity contribution is -0.118. The van der Waals surface area contributed by atoms with Crippen molar-refractivity contribution in [2.24, 2.45) is 5.10 Å². The van der Waals surface area contributed by atoms with Gasteiger partial charge in [-0.3, -0.25) is 4.79 Å². The van der Waals surface area contributed by atoms with Gasteiger partial charge in [0, 0.05) is 12.4 Å². The predicted molar refractivity (Wildman–Crippen MR) is 84.3 cm³/mol. The smallest absolute Gasteiger partial charge is 0.250 e. The molecule has 0 saturated carbocycles. The summed E-state index contributed by atoms with van der Waals surface area (Å²) in [6, 6.07) is 9.72. The van der Waals surface area contributed by atoms with E-state index in [2.05, 4.69) is 20.5 Å². The molecule has 0 fully saturated rings. The molecule has 0 atom stereocenters. The van der Waals surface area contributed by atoms with Crippen LogP contribution in [0.15, 0.2) is 53.0 Å². The third-order valence-electron chi connectivity index (χ3n) is 2.69. The first-order valence-electron chi connectivity index (χ1n) is 6.45. The number of nitrogens with one attached hydrogen (secondary N) is 1. The summed E-state index contributed by atoms with van der Waals surface area (Å²) in [7, 11) is 0. The summed E-state index contributed by atoms with van der Waals surface area (Å²) in [5.74, 6) is 0.0493. The highest BCUT2D eigenvalue weighted by Crippen LogP contribution is 2.10. The van der Waals surface area contributed by atoms with Crippen LogP contribution in [0, 0.1) is 6.92 Å². The highest BCUT2D eigenvalue weighted by atomic mass is 32.2. The molecule has 21 heavy (non-hydrogen) atoms. The summed E-state index contributed by atoms with van der Waals surface area (Å²) in [6.45, 7) is 3.89. The Morgan fingerprint density at radius 3 is 2.57 bits per heavy atom. The molecule has 6 heteroatoms. The molecule has 0 aliphatic heterocycles. The van der Waals surface area contributed by atoms with E-state index in [-0.39, 0.29) is 11.7 Å². The van der Waals surface area contributed by atoms with Crippen LogP contribution in [0.2, 0.25) is 0 Å². The molecule has 0 aliphatic rings. The van der Waals surface area contributed by atoms with Gasteiger partial charge in [-0.1, -0.05) is 41.6 Å². The van der Waals surface area contributed by atoms with Gasteiger partial charge in [0.25, 0.3) is 5.91 Å². The summed E-state index contributed by atoms with van der Waals surface area (Å²) < 4.78 is 0. The van der Waals surface area contributed by atoms with E-state index in [1.165, 1.54) is 17.3 Å². The maximum atomic E-state index is 11.7. The van der Waals surface area contributed by atoms with Crippen molar-refractivity contribution in [3.63, 3.8) is 0 Å². The van der Waals surface area contributed by atoms with Gasteiger partial charge in [0.1, 0.15) is 0 Å². The summed E-state index contributed by atoms with van der Waals surface area (Å²) in [6.07, 6.45) is 3.29. The third kappa shape index (κ3) is 5.00. The fourth-order valence-corrected chi connectivity index (χ4v) is 2.12. The molecule has 0 aliphatic carbocycles. The Morgan fingerprint density at radius 1 is 1.24 bits per heavy atom. The Hall–Kier alpha value is -2.21. The molecular formula is C15H16N4OS. The van der Waals surface area contributed by atoms with Crippen molar-refractivity contribution in [2.45, 2.75) is 19.0 Å². The Kier molecular flexibility index (Phi) is 5.45. The molecule has 1 aromatic carbocycles. The Balaban J connectivity index is 1.85. The fourth-order valence-electron chi connectivity index (χ4n) is 1.53. The first-order valence-corrected chi connectivity index (χ1v) is 7.43. The van der Waals surface area contributed by atoms with Crippen molar-refractivity contribution < 1.29 is 4.79 Å². The van der Waals surface area contributed by atoms with E-state index in [1.54, 1.807) is 18.5 Å². The molecular weight excluding hydrogens is 284 g/mol. The number of carbonyl (C=O) groups is 1. The number of hydrazone groups is 1. The highest BCUT2D eigenvalue weighted by molar-refractivity contribution is 7.99. The molecule has 0 spiro atoms. The second-order valence-corrected chi connectivity index (χ2v) is 5.36. The summed E-state index contributed by atoms with van der Waals surface area (Å²) in [4.78, 5) is 19.8. The number of benzene rings is 1. The van der Waals surface area contributed by atoms with Crippen LogP contribution in [0.5, 0.6) is 0 Å². The number of nitrogens with zero attached hydrogens (tertiary/aromatic N) is 3. The molecule has 0 bridgehead atoms. The van der Waals surface area contributed by atoms with Crippen LogP contribution in [-0.2, 0) is 4.79 Å². The van der Waals surface area contributed by atoms with E-state index in [4.69, 9.17) is 0 Å². The number of aromatic nitrogens is 2. The van der Waals surface area contributed by atoms with Crippen molar-refractivity contribution >= 4 is 23.4 Å². The van der Waals surface area contributed by atoms with Crippen LogP contribution in [-0.4, -0.2) is 27.3 Å². The van der Waals surface area contributed by atoms with Crippen molar-refractivity contribution in [3.8, 4) is 0 Å². The molecule has 2 aromatic rings. The molecule has 1 N–H and O–H groups in total. The maximum Gasteiger partial charge on any atom is 0.250 e. The van der Waals surface area contributed by atoms with E-state index in [0.717, 1.165) is 11.3 Å². The van der Waals surface area contributed by atoms with Gasteiger partial charge in [0.15, 0.2) is 5.16 Å². The van der Waals surface area contributed by atoms with E-state index in [1.807, 2.05) is 38.1 Å². The lowest BCUT2D eigenvalue weighted by atomic mass is 10.1. The Labute approximate surface area is 127 Å². The van der Waals surface area contributed by atoms with Crippen LogP contribution >= 0.6 is 11.8 Å². The Morgan fingerprint density at radius 2 is 1.90 bits per heavy atom. The van der Waals surface area contributed by atoms with Crippen molar-refractivity contribution in [2.75, 3.05) is 5.75 Å². The van der Waals surface area contributed by atoms with Gasteiger partial charge in [-0.2, -0.15) is 5.10 Å². The van der Waals surface area contributed by atoms with E-state index in [0.29, 0.717) is 5.16 Å². The second kappa shape index (κ2) is 7.54. The number of aryl methyl sites for hydroxylation is 1. The predicted octanol–water partition coefficient (Wildman–Crippen LogP) is 2.42. The van der Waals surface area contributed by atoms with Crippen LogP contribution in [0.1, 0.15) is 18.1 Å². The zero-order valence-electron chi connectivity index (χ0n) is 11.9. The van der Waals surface area contributed by atoms with E-state index in [9.17, 15) is 4.79 Å². The highest BCUT2D eigenvalue weighted by Gasteiger charge is 2.04. The first-order chi connectivity index (χ1) is 10.1. The first kappa shape index (κ1) is 15.2. The van der Waals surface area contributed by atoms with Crippen molar-refractivity contribution in [3.05, 3.63) is 53.9 Å². The summed E-state index contributed by atoms with van der Waals surface area (Å²) >= 11 is 1.27. The van der Waals surface area contributed by atoms with Crippen LogP contribution < -0.4 is 5.43 Å². The molecule has 1 amide bonds. The van der Waals surface area contributed by atoms with Crippen LogP contribution in [0.4, 0.5) is 0 Å². The van der Waals surface area contributed by atoms with E-state index >= 15 is 0 Å². The fraction of sp³-hybridized carbons (Fsp3) is 0.200. The maximum absolute atomic E-state index is 11.7. The van der Waals surface area contributed by atoms with Gasteiger partial charge < -0.3 is 0 Å². The van der Waals surface area contributed by atoms with Gasteiger partial charge in [-0.15, -0.1) is 0 Å². The zero-order chi connectivity index (χ0) is 15.1. The lowest BCUT2D eigenvalue weighted by Gasteiger charge is -2.03. The minimum atomic E-state index is -0.182. The Bertz CT molecular complexity index is 626. The number of hydrogen-bond donors (Lipinski definition) is 1. The number of rotatable bonds is 5. The van der Waals surface area contributed by atoms with Crippen LogP contribution in [0.3, 0.4) is 0 Å². The molecule has 0 saturated heterocycles. The topological polar surface area (TPSA) is 67.2 Å². The molecule has 0 radical (unpaired) electrons. The van der Waals surface area contributed by atoms with Gasteiger partial charge in [-0.05, 0) is 25.5 Å². The standard InChI is InChI=1S/C15H16N4OS/c1-11-4-6-13(7-5-11)12(2)18-19-14(20)10-21-15-16-8-3-9-17-15/h3-9H,10H2,1-2H3,(H,19,20)/b18-12-. The largest absolute Gasteiger partial charge is 0.272 e. The minimum Gasteiger partial charge on any atom is -0.272 e. The SMILES string of the molecule is C/C(=N/NC(=O)CSc1ncccn1)c1ccc(C)cc1. The monoisotopic (exact) mass is 300 g/mol. The van der Waals surface area contributed by atoms with Gasteiger partial charge in [-0.25, -0.2) is 15.4 Å². The molecule has 1 heterocycles. The molecule has 1 aromatic heterocycles. The average molecular weight is 300 g/mol. The van der Waals surface area contributed by atoms with Gasteiger partial charge in [0.2, 0.25) is 0 Å². The molecule has 5 nitrogen and oxygen atoms in total. The second-order valence-electron chi connectivity index (χ2n) is 4.42. The van der Waals surface area contributed by atoms with Crippen LogP contribution in [0.25, 0.3) is 0 Å². The van der Waals surface area contributed by atoms with Gasteiger partial charge in [0.05, 0.1) is 11.5 Å². The number of carbonyl (C=O) groups excluding carboxylic acids is 1. The third-order valence-corrected chi connectivity index (χ3v) is 3.57. The van der Waals surface area contributed by atoms with Gasteiger partial charge >= 0.3 is 0 Å². The van der Waals surface area contributed by atoms with Crippen molar-refractivity contribution in [1.29, 1.82) is 0 Å². The minimum absolute atomic E-state index is 0.182. The van der Waals surface area contributed by atoms with E-state index < -0.39 is 0 Å². The molecule has 0 unspecified atom stereocenters. The molecule has 2 rings (SSSR count). The van der Waals surface area contributed by atoms with Crippen molar-refractivity contribution in [1.82, 2.24) is 15.4 Å². The zero-order valence-corrected chi connectivity index (χ0v) is 12.7. The normalized spacial score (nSPS) is 11.2. The summed E-state index contributed by atoms with van der Waals surface area (Å²) in [5, 5.41) is 4.68. The molecule has 108 valence electrons. The number of amides is 1.